The summed E-state index contributed by atoms with van der Waals surface area (Å²) in [5, 5.41) is 21.3. The molecule has 9 nitrogen and oxygen atoms in total. The molecule has 3 aromatic rings. The minimum absolute atomic E-state index is 0.00609. The van der Waals surface area contributed by atoms with Crippen LogP contribution in [-0.2, 0) is 0 Å². The highest BCUT2D eigenvalue weighted by Gasteiger charge is 2.43. The lowest BCUT2D eigenvalue weighted by Crippen LogP contribution is -2.28. The Morgan fingerprint density at radius 3 is 2.84 bits per heavy atom. The van der Waals surface area contributed by atoms with E-state index in [0.717, 1.165) is 12.8 Å². The number of hydrogen-bond acceptors (Lipinski definition) is 9. The quantitative estimate of drug-likeness (QED) is 0.432. The standard InChI is InChI=1S/C16H17N7O2/c17-12(8-1-2-10-9(5-8)22-15(19)25-10)11-13(18)20-7-21-14(11)23-16(6-24)3-4-16/h1-2,5,7,17,24H,3-4,6H2,(H2,19,22)(H3,18,20,21,23). The normalized spacial score (nSPS) is 15.2. The lowest BCUT2D eigenvalue weighted by atomic mass is 10.0. The van der Waals surface area contributed by atoms with Crippen molar-refractivity contribution in [3.63, 3.8) is 0 Å². The third kappa shape index (κ3) is 2.64. The predicted octanol–water partition coefficient (Wildman–Crippen LogP) is 1.14. The number of nitrogens with one attached hydrogen (secondary N) is 2. The van der Waals surface area contributed by atoms with Gasteiger partial charge in [0.15, 0.2) is 5.58 Å². The molecule has 1 saturated carbocycles. The van der Waals surface area contributed by atoms with Gasteiger partial charge in [0.05, 0.1) is 23.4 Å². The van der Waals surface area contributed by atoms with Gasteiger partial charge in [-0.2, -0.15) is 4.98 Å². The molecule has 7 N–H and O–H groups in total. The number of aliphatic hydroxyl groups excluding tert-OH is 1. The molecular formula is C16H17N7O2. The largest absolute Gasteiger partial charge is 0.424 e. The average molecular weight is 339 g/mol. The van der Waals surface area contributed by atoms with Crippen LogP contribution < -0.4 is 16.8 Å². The van der Waals surface area contributed by atoms with Gasteiger partial charge in [0.2, 0.25) is 0 Å². The van der Waals surface area contributed by atoms with Crippen LogP contribution in [0.2, 0.25) is 0 Å². The highest BCUT2D eigenvalue weighted by atomic mass is 16.4. The van der Waals surface area contributed by atoms with E-state index in [-0.39, 0.29) is 29.7 Å². The molecule has 4 rings (SSSR count). The molecule has 0 amide bonds. The third-order valence-corrected chi connectivity index (χ3v) is 4.36. The van der Waals surface area contributed by atoms with Crippen molar-refractivity contribution in [2.24, 2.45) is 0 Å². The zero-order valence-electron chi connectivity index (χ0n) is 13.3. The summed E-state index contributed by atoms with van der Waals surface area (Å²) in [6, 6.07) is 5.20. The molecule has 0 unspecified atom stereocenters. The predicted molar refractivity (Wildman–Crippen MR) is 93.5 cm³/mol. The van der Waals surface area contributed by atoms with Crippen LogP contribution in [0.25, 0.3) is 11.1 Å². The molecule has 1 aliphatic rings. The molecule has 25 heavy (non-hydrogen) atoms. The second-order valence-electron chi connectivity index (χ2n) is 6.16. The van der Waals surface area contributed by atoms with Gasteiger partial charge >= 0.3 is 0 Å². The van der Waals surface area contributed by atoms with Crippen molar-refractivity contribution in [1.29, 1.82) is 5.41 Å². The van der Waals surface area contributed by atoms with E-state index < -0.39 is 0 Å². The highest BCUT2D eigenvalue weighted by Crippen LogP contribution is 2.39. The van der Waals surface area contributed by atoms with E-state index in [1.54, 1.807) is 18.2 Å². The minimum Gasteiger partial charge on any atom is -0.424 e. The van der Waals surface area contributed by atoms with E-state index in [1.165, 1.54) is 6.33 Å². The van der Waals surface area contributed by atoms with E-state index in [2.05, 4.69) is 20.3 Å². The molecule has 0 bridgehead atoms. The van der Waals surface area contributed by atoms with Crippen LogP contribution in [0.5, 0.6) is 0 Å². The van der Waals surface area contributed by atoms with Gasteiger partial charge in [-0.05, 0) is 31.0 Å². The molecule has 2 aromatic heterocycles. The maximum Gasteiger partial charge on any atom is 0.292 e. The Hall–Kier alpha value is -3.20. The van der Waals surface area contributed by atoms with Crippen LogP contribution in [-0.4, -0.2) is 37.9 Å². The van der Waals surface area contributed by atoms with Crippen molar-refractivity contribution in [3.05, 3.63) is 35.7 Å². The zero-order valence-corrected chi connectivity index (χ0v) is 13.3. The Morgan fingerprint density at radius 1 is 1.32 bits per heavy atom. The first-order valence-electron chi connectivity index (χ1n) is 7.76. The molecular weight excluding hydrogens is 322 g/mol. The lowest BCUT2D eigenvalue weighted by molar-refractivity contribution is 0.266. The summed E-state index contributed by atoms with van der Waals surface area (Å²) in [6.45, 7) is -0.00609. The highest BCUT2D eigenvalue weighted by molar-refractivity contribution is 6.17. The first-order chi connectivity index (χ1) is 12.0. The third-order valence-electron chi connectivity index (χ3n) is 4.36. The number of aromatic nitrogens is 3. The Kier molecular flexibility index (Phi) is 3.32. The summed E-state index contributed by atoms with van der Waals surface area (Å²) in [7, 11) is 0. The van der Waals surface area contributed by atoms with Crippen molar-refractivity contribution >= 4 is 34.5 Å². The SMILES string of the molecule is N=C(c1ccc2oc(N)nc2c1)c1c(N)ncnc1NC1(CO)CC1. The van der Waals surface area contributed by atoms with E-state index in [4.69, 9.17) is 21.3 Å². The van der Waals surface area contributed by atoms with Crippen molar-refractivity contribution in [2.75, 3.05) is 23.4 Å². The second kappa shape index (κ2) is 5.42. The van der Waals surface area contributed by atoms with Crippen molar-refractivity contribution in [1.82, 2.24) is 15.0 Å². The Morgan fingerprint density at radius 2 is 2.12 bits per heavy atom. The molecule has 1 fully saturated rings. The monoisotopic (exact) mass is 339 g/mol. The maximum atomic E-state index is 9.53. The number of benzene rings is 1. The molecule has 0 spiro atoms. The zero-order chi connectivity index (χ0) is 17.6. The summed E-state index contributed by atoms with van der Waals surface area (Å²) in [5.74, 6) is 0.625. The van der Waals surface area contributed by atoms with Crippen LogP contribution >= 0.6 is 0 Å². The summed E-state index contributed by atoms with van der Waals surface area (Å²) in [4.78, 5) is 12.3. The second-order valence-corrected chi connectivity index (χ2v) is 6.16. The van der Waals surface area contributed by atoms with Gasteiger partial charge in [-0.3, -0.25) is 5.41 Å². The molecule has 2 heterocycles. The smallest absolute Gasteiger partial charge is 0.292 e. The fourth-order valence-electron chi connectivity index (χ4n) is 2.71. The molecule has 0 aliphatic heterocycles. The average Bonchev–Trinajstić information content (AvgIpc) is 3.26. The molecule has 1 aliphatic carbocycles. The number of fused-ring (bicyclic) bond motifs is 1. The summed E-state index contributed by atoms with van der Waals surface area (Å²) in [5.41, 5.74) is 13.4. The number of hydrogen-bond donors (Lipinski definition) is 5. The summed E-state index contributed by atoms with van der Waals surface area (Å²) >= 11 is 0. The van der Waals surface area contributed by atoms with Crippen molar-refractivity contribution in [2.45, 2.75) is 18.4 Å². The molecule has 0 saturated heterocycles. The maximum absolute atomic E-state index is 9.53. The number of nitrogens with zero attached hydrogens (tertiary/aromatic N) is 3. The van der Waals surface area contributed by atoms with E-state index in [1.807, 2.05) is 0 Å². The van der Waals surface area contributed by atoms with Crippen LogP contribution in [0, 0.1) is 5.41 Å². The number of nitrogen functional groups attached to an aromatic ring is 2. The van der Waals surface area contributed by atoms with Gasteiger partial charge in [0.25, 0.3) is 6.01 Å². The first kappa shape index (κ1) is 15.3. The van der Waals surface area contributed by atoms with Gasteiger partial charge in [-0.1, -0.05) is 0 Å². The Labute approximate surface area is 142 Å². The number of aliphatic hydroxyl groups is 1. The molecule has 128 valence electrons. The summed E-state index contributed by atoms with van der Waals surface area (Å²) in [6.07, 6.45) is 3.01. The van der Waals surface area contributed by atoms with Crippen molar-refractivity contribution < 1.29 is 9.52 Å². The molecule has 0 radical (unpaired) electrons. The number of rotatable bonds is 5. The van der Waals surface area contributed by atoms with E-state index in [9.17, 15) is 5.11 Å². The fraction of sp³-hybridized carbons (Fsp3) is 0.250. The van der Waals surface area contributed by atoms with E-state index in [0.29, 0.717) is 28.0 Å². The molecule has 0 atom stereocenters. The molecule has 9 heteroatoms. The lowest BCUT2D eigenvalue weighted by Gasteiger charge is -2.19. The van der Waals surface area contributed by atoms with E-state index >= 15 is 0 Å². The number of oxazole rings is 1. The van der Waals surface area contributed by atoms with Gasteiger partial charge in [-0.25, -0.2) is 9.97 Å². The van der Waals surface area contributed by atoms with Crippen LogP contribution in [0.1, 0.15) is 24.0 Å². The topological polar surface area (TPSA) is 160 Å². The summed E-state index contributed by atoms with van der Waals surface area (Å²) < 4.78 is 5.25. The van der Waals surface area contributed by atoms with Crippen LogP contribution in [0.3, 0.4) is 0 Å². The van der Waals surface area contributed by atoms with Gasteiger partial charge in [0.1, 0.15) is 23.5 Å². The van der Waals surface area contributed by atoms with Crippen LogP contribution in [0.15, 0.2) is 28.9 Å². The van der Waals surface area contributed by atoms with Gasteiger partial charge in [0, 0.05) is 5.56 Å². The van der Waals surface area contributed by atoms with Gasteiger partial charge in [-0.15, -0.1) is 0 Å². The number of anilines is 3. The number of nitrogens with two attached hydrogens (primary N) is 2. The fourth-order valence-corrected chi connectivity index (χ4v) is 2.71. The van der Waals surface area contributed by atoms with Crippen molar-refractivity contribution in [3.8, 4) is 0 Å². The molecule has 1 aromatic carbocycles. The van der Waals surface area contributed by atoms with Gasteiger partial charge < -0.3 is 26.3 Å². The minimum atomic E-state index is -0.389. The Bertz CT molecular complexity index is 978. The first-order valence-corrected chi connectivity index (χ1v) is 7.76. The van der Waals surface area contributed by atoms with Crippen LogP contribution in [0.4, 0.5) is 17.7 Å². The Balaban J connectivity index is 1.75.